The first-order valence-corrected chi connectivity index (χ1v) is 12.7. The molecule has 0 bridgehead atoms. The van der Waals surface area contributed by atoms with E-state index in [4.69, 9.17) is 19.3 Å². The minimum absolute atomic E-state index is 0.0555. The minimum Gasteiger partial charge on any atom is -0.394 e. The highest BCUT2D eigenvalue weighted by molar-refractivity contribution is 5.24. The molecule has 0 saturated heterocycles. The second-order valence-electron chi connectivity index (χ2n) is 8.61. The van der Waals surface area contributed by atoms with E-state index >= 15 is 0 Å². The Labute approximate surface area is 191 Å². The molecular weight excluding hydrogens is 388 g/mol. The summed E-state index contributed by atoms with van der Waals surface area (Å²) in [6.07, 6.45) is 15.3. The van der Waals surface area contributed by atoms with Crippen LogP contribution in [0.5, 0.6) is 0 Å². The molecule has 4 heteroatoms. The summed E-state index contributed by atoms with van der Waals surface area (Å²) in [4.78, 5) is 0. The molecule has 1 aromatic carbocycles. The summed E-state index contributed by atoms with van der Waals surface area (Å²) in [5, 5.41) is 8.61. The predicted molar refractivity (Wildman–Crippen MR) is 130 cm³/mol. The average Bonchev–Trinajstić information content (AvgIpc) is 2.79. The van der Waals surface area contributed by atoms with Gasteiger partial charge in [-0.15, -0.1) is 0 Å². The number of hydrogen-bond donors (Lipinski definition) is 1. The van der Waals surface area contributed by atoms with Gasteiger partial charge in [0.05, 0.1) is 46.2 Å². The molecule has 0 amide bonds. The zero-order valence-corrected chi connectivity index (χ0v) is 20.3. The van der Waals surface area contributed by atoms with E-state index in [1.165, 1.54) is 81.8 Å². The fraction of sp³-hybridized carbons (Fsp3) is 0.778. The smallest absolute Gasteiger partial charge is 0.0718 e. The maximum atomic E-state index is 8.61. The molecule has 1 N–H and O–H groups in total. The Balaban J connectivity index is 2.01. The van der Waals surface area contributed by atoms with E-state index in [1.807, 2.05) is 0 Å². The molecule has 0 heterocycles. The third-order valence-corrected chi connectivity index (χ3v) is 5.79. The number of aliphatic hydroxyl groups excluding tert-OH is 1. The lowest BCUT2D eigenvalue weighted by atomic mass is 9.94. The van der Waals surface area contributed by atoms with Crippen molar-refractivity contribution in [3.63, 3.8) is 0 Å². The van der Waals surface area contributed by atoms with Crippen LogP contribution in [0.25, 0.3) is 0 Å². The van der Waals surface area contributed by atoms with Crippen LogP contribution in [-0.4, -0.2) is 44.7 Å². The van der Waals surface area contributed by atoms with E-state index in [1.54, 1.807) is 0 Å². The maximum Gasteiger partial charge on any atom is 0.0718 e. The van der Waals surface area contributed by atoms with Crippen molar-refractivity contribution in [3.05, 3.63) is 35.4 Å². The average molecular weight is 437 g/mol. The van der Waals surface area contributed by atoms with Crippen molar-refractivity contribution in [2.75, 3.05) is 39.6 Å². The van der Waals surface area contributed by atoms with Gasteiger partial charge in [-0.25, -0.2) is 0 Å². The molecule has 1 atom stereocenters. The van der Waals surface area contributed by atoms with Gasteiger partial charge in [-0.1, -0.05) is 102 Å². The van der Waals surface area contributed by atoms with Gasteiger partial charge in [0.2, 0.25) is 0 Å². The quantitative estimate of drug-likeness (QED) is 0.207. The molecule has 1 rings (SSSR count). The van der Waals surface area contributed by atoms with Crippen molar-refractivity contribution in [2.24, 2.45) is 0 Å². The Kier molecular flexibility index (Phi) is 19.0. The molecule has 0 spiro atoms. The van der Waals surface area contributed by atoms with Gasteiger partial charge in [-0.05, 0) is 23.5 Å². The molecule has 0 aliphatic heterocycles. The minimum atomic E-state index is 0.0555. The van der Waals surface area contributed by atoms with Crippen molar-refractivity contribution in [3.8, 4) is 0 Å². The third-order valence-electron chi connectivity index (χ3n) is 5.79. The van der Waals surface area contributed by atoms with Crippen LogP contribution in [0.1, 0.15) is 102 Å². The largest absolute Gasteiger partial charge is 0.394 e. The molecule has 0 fully saturated rings. The lowest BCUT2D eigenvalue weighted by Gasteiger charge is -2.13. The van der Waals surface area contributed by atoms with E-state index in [0.717, 1.165) is 0 Å². The summed E-state index contributed by atoms with van der Waals surface area (Å²) in [5.74, 6) is 0.630. The Morgan fingerprint density at radius 1 is 0.677 bits per heavy atom. The van der Waals surface area contributed by atoms with E-state index < -0.39 is 0 Å². The van der Waals surface area contributed by atoms with Crippen LogP contribution in [0, 0.1) is 0 Å². The molecule has 0 radical (unpaired) electrons. The Morgan fingerprint density at radius 2 is 1.19 bits per heavy atom. The summed E-state index contributed by atoms with van der Waals surface area (Å²) in [5.41, 5.74) is 2.65. The first-order chi connectivity index (χ1) is 15.3. The zero-order chi connectivity index (χ0) is 22.4. The van der Waals surface area contributed by atoms with Crippen LogP contribution in [0.15, 0.2) is 24.3 Å². The molecule has 1 aromatic rings. The molecule has 4 nitrogen and oxygen atoms in total. The maximum absolute atomic E-state index is 8.61. The van der Waals surface area contributed by atoms with Gasteiger partial charge < -0.3 is 19.3 Å². The van der Waals surface area contributed by atoms with E-state index in [2.05, 4.69) is 38.1 Å². The third kappa shape index (κ3) is 16.4. The van der Waals surface area contributed by atoms with Gasteiger partial charge >= 0.3 is 0 Å². The SMILES string of the molecule is CCCCCCCCCCCCC(C)c1ccc(COCCOCCOCCO)cc1. The van der Waals surface area contributed by atoms with Gasteiger partial charge in [-0.3, -0.25) is 0 Å². The topological polar surface area (TPSA) is 47.9 Å². The fourth-order valence-corrected chi connectivity index (χ4v) is 3.74. The molecule has 180 valence electrons. The molecule has 31 heavy (non-hydrogen) atoms. The van der Waals surface area contributed by atoms with Gasteiger partial charge in [0.15, 0.2) is 0 Å². The van der Waals surface area contributed by atoms with Crippen LogP contribution >= 0.6 is 0 Å². The first kappa shape index (κ1) is 28.1. The molecule has 0 aliphatic rings. The normalized spacial score (nSPS) is 12.4. The van der Waals surface area contributed by atoms with Gasteiger partial charge in [0, 0.05) is 0 Å². The zero-order valence-electron chi connectivity index (χ0n) is 20.3. The Bertz CT molecular complexity index is 489. The van der Waals surface area contributed by atoms with Crippen molar-refractivity contribution < 1.29 is 19.3 Å². The molecule has 1 unspecified atom stereocenters. The highest BCUT2D eigenvalue weighted by Crippen LogP contribution is 2.23. The summed E-state index contributed by atoms with van der Waals surface area (Å²) in [6, 6.07) is 8.89. The molecule has 0 aromatic heterocycles. The van der Waals surface area contributed by atoms with Crippen LogP contribution in [0.4, 0.5) is 0 Å². The number of unbranched alkanes of at least 4 members (excludes halogenated alkanes) is 9. The van der Waals surface area contributed by atoms with E-state index in [9.17, 15) is 0 Å². The molecular formula is C27H48O4. The second-order valence-corrected chi connectivity index (χ2v) is 8.61. The molecule has 0 saturated carbocycles. The summed E-state index contributed by atoms with van der Waals surface area (Å²) < 4.78 is 16.2. The number of benzene rings is 1. The van der Waals surface area contributed by atoms with Crippen LogP contribution in [0.3, 0.4) is 0 Å². The predicted octanol–water partition coefficient (Wildman–Crippen LogP) is 6.64. The summed E-state index contributed by atoms with van der Waals surface area (Å²) >= 11 is 0. The van der Waals surface area contributed by atoms with Gasteiger partial charge in [-0.2, -0.15) is 0 Å². The van der Waals surface area contributed by atoms with Crippen molar-refractivity contribution in [2.45, 2.75) is 97.0 Å². The van der Waals surface area contributed by atoms with Crippen LogP contribution in [-0.2, 0) is 20.8 Å². The van der Waals surface area contributed by atoms with Gasteiger partial charge in [0.25, 0.3) is 0 Å². The van der Waals surface area contributed by atoms with Crippen LogP contribution < -0.4 is 0 Å². The summed E-state index contributed by atoms with van der Waals surface area (Å²) in [7, 11) is 0. The van der Waals surface area contributed by atoms with Crippen molar-refractivity contribution >= 4 is 0 Å². The Hall–Kier alpha value is -0.940. The van der Waals surface area contributed by atoms with E-state index in [0.29, 0.717) is 45.6 Å². The van der Waals surface area contributed by atoms with Crippen LogP contribution in [0.2, 0.25) is 0 Å². The number of hydrogen-bond acceptors (Lipinski definition) is 4. The fourth-order valence-electron chi connectivity index (χ4n) is 3.74. The lowest BCUT2D eigenvalue weighted by Crippen LogP contribution is -2.10. The lowest BCUT2D eigenvalue weighted by molar-refractivity contribution is 0.00450. The van der Waals surface area contributed by atoms with Crippen molar-refractivity contribution in [1.82, 2.24) is 0 Å². The molecule has 0 aliphatic carbocycles. The number of ether oxygens (including phenoxy) is 3. The van der Waals surface area contributed by atoms with Crippen molar-refractivity contribution in [1.29, 1.82) is 0 Å². The second kappa shape index (κ2) is 20.9. The monoisotopic (exact) mass is 436 g/mol. The first-order valence-electron chi connectivity index (χ1n) is 12.7. The number of aliphatic hydroxyl groups is 1. The summed E-state index contributed by atoms with van der Waals surface area (Å²) in [6.45, 7) is 7.87. The standard InChI is InChI=1S/C27H48O4/c1-3-4-5-6-7-8-9-10-11-12-13-25(2)27-16-14-26(15-17-27)24-31-23-22-30-21-20-29-19-18-28/h14-17,25,28H,3-13,18-24H2,1-2H3. The Morgan fingerprint density at radius 3 is 1.77 bits per heavy atom. The highest BCUT2D eigenvalue weighted by Gasteiger charge is 2.05. The van der Waals surface area contributed by atoms with E-state index in [-0.39, 0.29) is 6.61 Å². The van der Waals surface area contributed by atoms with Gasteiger partial charge in [0.1, 0.15) is 0 Å². The number of rotatable bonds is 22. The highest BCUT2D eigenvalue weighted by atomic mass is 16.5.